The molecule has 1 aromatic rings. The molecule has 1 aromatic carbocycles. The van der Waals surface area contributed by atoms with Crippen LogP contribution >= 0.6 is 0 Å². The SMILES string of the molecule is CC(CO)CNC(=O)c1cc(NC(=O)C(C)(C)C)ccc1F. The molecule has 1 rings (SSSR count). The summed E-state index contributed by atoms with van der Waals surface area (Å²) in [5, 5.41) is 14.1. The van der Waals surface area contributed by atoms with Crippen molar-refractivity contribution in [2.24, 2.45) is 11.3 Å². The summed E-state index contributed by atoms with van der Waals surface area (Å²) in [5.41, 5.74) is -0.369. The lowest BCUT2D eigenvalue weighted by Gasteiger charge is -2.18. The van der Waals surface area contributed by atoms with Crippen LogP contribution in [0.1, 0.15) is 38.1 Å². The number of rotatable bonds is 5. The number of hydrogen-bond donors (Lipinski definition) is 3. The van der Waals surface area contributed by atoms with Gasteiger partial charge in [-0.2, -0.15) is 0 Å². The van der Waals surface area contributed by atoms with E-state index in [2.05, 4.69) is 10.6 Å². The Balaban J connectivity index is 2.86. The Labute approximate surface area is 129 Å². The number of benzene rings is 1. The summed E-state index contributed by atoms with van der Waals surface area (Å²) in [5.74, 6) is -1.58. The minimum absolute atomic E-state index is 0.0650. The molecule has 0 radical (unpaired) electrons. The van der Waals surface area contributed by atoms with Gasteiger partial charge in [-0.1, -0.05) is 27.7 Å². The van der Waals surface area contributed by atoms with Gasteiger partial charge in [0, 0.05) is 24.3 Å². The first kappa shape index (κ1) is 18.1. The van der Waals surface area contributed by atoms with E-state index in [0.717, 1.165) is 6.07 Å². The third-order valence-electron chi connectivity index (χ3n) is 3.07. The number of amides is 2. The molecule has 0 aliphatic rings. The molecule has 0 aliphatic heterocycles. The highest BCUT2D eigenvalue weighted by Crippen LogP contribution is 2.19. The number of nitrogens with one attached hydrogen (secondary N) is 2. The fourth-order valence-corrected chi connectivity index (χ4v) is 1.52. The summed E-state index contributed by atoms with van der Waals surface area (Å²) in [4.78, 5) is 23.9. The first-order valence-electron chi connectivity index (χ1n) is 7.15. The lowest BCUT2D eigenvalue weighted by Crippen LogP contribution is -2.30. The molecule has 2 amide bonds. The van der Waals surface area contributed by atoms with Gasteiger partial charge >= 0.3 is 0 Å². The van der Waals surface area contributed by atoms with Crippen molar-refractivity contribution in [2.75, 3.05) is 18.5 Å². The van der Waals surface area contributed by atoms with Crippen LogP contribution in [0.4, 0.5) is 10.1 Å². The van der Waals surface area contributed by atoms with Crippen LogP contribution < -0.4 is 10.6 Å². The lowest BCUT2D eigenvalue weighted by molar-refractivity contribution is -0.123. The van der Waals surface area contributed by atoms with Gasteiger partial charge in [0.15, 0.2) is 0 Å². The molecular weight excluding hydrogens is 287 g/mol. The molecule has 0 heterocycles. The second-order valence-corrected chi connectivity index (χ2v) is 6.40. The Hall–Kier alpha value is -1.95. The molecule has 0 bridgehead atoms. The van der Waals surface area contributed by atoms with Crippen LogP contribution in [0.15, 0.2) is 18.2 Å². The molecule has 1 unspecified atom stereocenters. The van der Waals surface area contributed by atoms with Gasteiger partial charge in [-0.3, -0.25) is 9.59 Å². The Bertz CT molecular complexity index is 553. The van der Waals surface area contributed by atoms with Gasteiger partial charge in [0.05, 0.1) is 5.56 Å². The van der Waals surface area contributed by atoms with E-state index in [-0.39, 0.29) is 30.5 Å². The van der Waals surface area contributed by atoms with Crippen molar-refractivity contribution in [1.29, 1.82) is 0 Å². The van der Waals surface area contributed by atoms with Crippen LogP contribution in [0.3, 0.4) is 0 Å². The average molecular weight is 310 g/mol. The Kier molecular flexibility index (Phi) is 6.05. The summed E-state index contributed by atoms with van der Waals surface area (Å²) >= 11 is 0. The summed E-state index contributed by atoms with van der Waals surface area (Å²) in [7, 11) is 0. The smallest absolute Gasteiger partial charge is 0.254 e. The number of hydrogen-bond acceptors (Lipinski definition) is 3. The molecule has 0 aliphatic carbocycles. The van der Waals surface area contributed by atoms with E-state index in [1.807, 2.05) is 0 Å². The van der Waals surface area contributed by atoms with Crippen molar-refractivity contribution in [1.82, 2.24) is 5.32 Å². The van der Waals surface area contributed by atoms with Gasteiger partial charge < -0.3 is 15.7 Å². The molecule has 0 aromatic heterocycles. The van der Waals surface area contributed by atoms with E-state index < -0.39 is 17.1 Å². The van der Waals surface area contributed by atoms with Gasteiger partial charge in [-0.25, -0.2) is 4.39 Å². The van der Waals surface area contributed by atoms with Crippen LogP contribution in [-0.4, -0.2) is 30.1 Å². The van der Waals surface area contributed by atoms with Gasteiger partial charge in [-0.05, 0) is 24.1 Å². The van der Waals surface area contributed by atoms with Crippen molar-refractivity contribution in [3.63, 3.8) is 0 Å². The van der Waals surface area contributed by atoms with E-state index >= 15 is 0 Å². The highest BCUT2D eigenvalue weighted by atomic mass is 19.1. The summed E-state index contributed by atoms with van der Waals surface area (Å²) in [6, 6.07) is 3.85. The summed E-state index contributed by atoms with van der Waals surface area (Å²) in [6.45, 7) is 7.22. The molecule has 0 saturated heterocycles. The molecular formula is C16H23FN2O3. The highest BCUT2D eigenvalue weighted by Gasteiger charge is 2.22. The summed E-state index contributed by atoms with van der Waals surface area (Å²) in [6.07, 6.45) is 0. The fraction of sp³-hybridized carbons (Fsp3) is 0.500. The fourth-order valence-electron chi connectivity index (χ4n) is 1.52. The van der Waals surface area contributed by atoms with Gasteiger partial charge in [0.1, 0.15) is 5.82 Å². The number of aliphatic hydroxyl groups is 1. The maximum atomic E-state index is 13.8. The molecule has 6 heteroatoms. The largest absolute Gasteiger partial charge is 0.396 e. The number of aliphatic hydroxyl groups excluding tert-OH is 1. The first-order valence-corrected chi connectivity index (χ1v) is 7.15. The van der Waals surface area contributed by atoms with E-state index in [9.17, 15) is 14.0 Å². The summed E-state index contributed by atoms with van der Waals surface area (Å²) < 4.78 is 13.8. The number of carbonyl (C=O) groups excluding carboxylic acids is 2. The first-order chi connectivity index (χ1) is 10.1. The zero-order valence-electron chi connectivity index (χ0n) is 13.4. The molecule has 0 saturated carbocycles. The van der Waals surface area contributed by atoms with Gasteiger partial charge in [-0.15, -0.1) is 0 Å². The predicted molar refractivity (Wildman–Crippen MR) is 83.1 cm³/mol. The second-order valence-electron chi connectivity index (χ2n) is 6.40. The Morgan fingerprint density at radius 2 is 1.95 bits per heavy atom. The molecule has 5 nitrogen and oxygen atoms in total. The van der Waals surface area contributed by atoms with Crippen LogP contribution in [0.5, 0.6) is 0 Å². The van der Waals surface area contributed by atoms with Crippen molar-refractivity contribution in [3.8, 4) is 0 Å². The number of carbonyl (C=O) groups is 2. The number of halogens is 1. The van der Waals surface area contributed by atoms with Crippen molar-refractivity contribution < 1.29 is 19.1 Å². The quantitative estimate of drug-likeness (QED) is 0.780. The Morgan fingerprint density at radius 3 is 2.50 bits per heavy atom. The monoisotopic (exact) mass is 310 g/mol. The normalized spacial score (nSPS) is 12.6. The minimum atomic E-state index is -0.664. The predicted octanol–water partition coefficient (Wildman–Crippen LogP) is 2.17. The van der Waals surface area contributed by atoms with Crippen molar-refractivity contribution >= 4 is 17.5 Å². The standard InChI is InChI=1S/C16H23FN2O3/c1-10(9-20)8-18-14(21)12-7-11(5-6-13(12)17)19-15(22)16(2,3)4/h5-7,10,20H,8-9H2,1-4H3,(H,18,21)(H,19,22). The third kappa shape index (κ3) is 5.11. The van der Waals surface area contributed by atoms with Crippen LogP contribution in [0.2, 0.25) is 0 Å². The molecule has 122 valence electrons. The number of anilines is 1. The lowest BCUT2D eigenvalue weighted by atomic mass is 9.95. The topological polar surface area (TPSA) is 78.4 Å². The minimum Gasteiger partial charge on any atom is -0.396 e. The zero-order chi connectivity index (χ0) is 16.9. The highest BCUT2D eigenvalue weighted by molar-refractivity contribution is 5.98. The van der Waals surface area contributed by atoms with E-state index in [1.54, 1.807) is 27.7 Å². The third-order valence-corrected chi connectivity index (χ3v) is 3.07. The van der Waals surface area contributed by atoms with E-state index in [0.29, 0.717) is 5.69 Å². The molecule has 0 fully saturated rings. The van der Waals surface area contributed by atoms with Crippen LogP contribution in [-0.2, 0) is 4.79 Å². The Morgan fingerprint density at radius 1 is 1.32 bits per heavy atom. The van der Waals surface area contributed by atoms with Crippen molar-refractivity contribution in [3.05, 3.63) is 29.6 Å². The van der Waals surface area contributed by atoms with Gasteiger partial charge in [0.25, 0.3) is 5.91 Å². The molecule has 22 heavy (non-hydrogen) atoms. The van der Waals surface area contributed by atoms with Crippen LogP contribution in [0.25, 0.3) is 0 Å². The van der Waals surface area contributed by atoms with E-state index in [1.165, 1.54) is 12.1 Å². The maximum Gasteiger partial charge on any atom is 0.254 e. The molecule has 0 spiro atoms. The van der Waals surface area contributed by atoms with Crippen LogP contribution in [0, 0.1) is 17.2 Å². The second kappa shape index (κ2) is 7.35. The maximum absolute atomic E-state index is 13.8. The van der Waals surface area contributed by atoms with Crippen molar-refractivity contribution in [2.45, 2.75) is 27.7 Å². The van der Waals surface area contributed by atoms with E-state index in [4.69, 9.17) is 5.11 Å². The molecule has 1 atom stereocenters. The zero-order valence-corrected chi connectivity index (χ0v) is 13.4. The average Bonchev–Trinajstić information content (AvgIpc) is 2.45. The van der Waals surface area contributed by atoms with Gasteiger partial charge in [0.2, 0.25) is 5.91 Å². The molecule has 3 N–H and O–H groups in total.